The molecule has 0 radical (unpaired) electrons. The van der Waals surface area contributed by atoms with Gasteiger partial charge in [-0.3, -0.25) is 0 Å². The Morgan fingerprint density at radius 2 is 1.56 bits per heavy atom. The lowest BCUT2D eigenvalue weighted by atomic mass is 9.49. The van der Waals surface area contributed by atoms with Gasteiger partial charge >= 0.3 is 20.6 Å². The summed E-state index contributed by atoms with van der Waals surface area (Å²) in [5.41, 5.74) is -8.61. The first-order chi connectivity index (χ1) is 12.1. The van der Waals surface area contributed by atoms with Gasteiger partial charge in [-0.15, -0.1) is 0 Å². The van der Waals surface area contributed by atoms with Crippen molar-refractivity contribution < 1.29 is 44.7 Å². The lowest BCUT2D eigenvalue weighted by Gasteiger charge is -2.61. The summed E-state index contributed by atoms with van der Waals surface area (Å²) in [6, 6.07) is 0. The Morgan fingerprint density at radius 1 is 1.04 bits per heavy atom. The molecule has 12 heteroatoms. The molecule has 154 valence electrons. The van der Waals surface area contributed by atoms with E-state index in [1.165, 1.54) is 0 Å². The van der Waals surface area contributed by atoms with E-state index in [0.717, 1.165) is 0 Å². The van der Waals surface area contributed by atoms with Crippen LogP contribution >= 0.6 is 10.8 Å². The number of carbonyl (C=O) groups excluding carboxylic acids is 1. The van der Waals surface area contributed by atoms with Crippen molar-refractivity contribution in [2.75, 3.05) is 0 Å². The van der Waals surface area contributed by atoms with Crippen molar-refractivity contribution in [2.24, 2.45) is 17.3 Å². The molecule has 27 heavy (non-hydrogen) atoms. The van der Waals surface area contributed by atoms with E-state index in [4.69, 9.17) is 0 Å². The first-order valence-corrected chi connectivity index (χ1v) is 10.9. The number of hydrogen-bond acceptors (Lipinski definition) is 5. The van der Waals surface area contributed by atoms with Gasteiger partial charge in [0.2, 0.25) is 0 Å². The molecular weight excluding hydrogens is 422 g/mol. The average molecular weight is 437 g/mol. The van der Waals surface area contributed by atoms with Gasteiger partial charge in [0.25, 0.3) is 0 Å². The van der Waals surface area contributed by atoms with Gasteiger partial charge < -0.3 is 9.90 Å². The molecule has 0 aromatic carbocycles. The van der Waals surface area contributed by atoms with Crippen LogP contribution in [-0.2, 0) is 13.7 Å². The number of halogens is 6. The van der Waals surface area contributed by atoms with Crippen molar-refractivity contribution in [2.45, 2.75) is 55.0 Å². The zero-order valence-corrected chi connectivity index (χ0v) is 15.3. The highest BCUT2D eigenvalue weighted by atomic mass is 33.1. The first-order valence-electron chi connectivity index (χ1n) is 8.10. The van der Waals surface area contributed by atoms with Crippen LogP contribution in [0.1, 0.15) is 38.5 Å². The lowest BCUT2D eigenvalue weighted by Crippen LogP contribution is -2.54. The van der Waals surface area contributed by atoms with Crippen LogP contribution in [0.25, 0.3) is 0 Å². The van der Waals surface area contributed by atoms with E-state index < -0.39 is 42.3 Å². The number of carbonyl (C=O) groups is 1. The average Bonchev–Trinajstić information content (AvgIpc) is 2.39. The summed E-state index contributed by atoms with van der Waals surface area (Å²) in [6.45, 7) is 0. The Morgan fingerprint density at radius 3 is 1.96 bits per heavy atom. The van der Waals surface area contributed by atoms with E-state index in [0.29, 0.717) is 12.5 Å². The second-order valence-electron chi connectivity index (χ2n) is 7.83. The molecule has 0 aliphatic heterocycles. The Balaban J connectivity index is 2.00. The van der Waals surface area contributed by atoms with Gasteiger partial charge in [0.15, 0.2) is 0 Å². The van der Waals surface area contributed by atoms with Gasteiger partial charge in [-0.25, -0.2) is 8.42 Å². The number of hydrogen-bond donors (Lipinski definition) is 0. The zero-order chi connectivity index (χ0) is 20.5. The summed E-state index contributed by atoms with van der Waals surface area (Å²) in [6.07, 6.45) is -3.53. The van der Waals surface area contributed by atoms with Crippen molar-refractivity contribution >= 4 is 25.6 Å². The van der Waals surface area contributed by atoms with Gasteiger partial charge in [-0.1, -0.05) is 6.08 Å². The molecule has 4 aliphatic carbocycles. The number of alkyl halides is 6. The maximum absolute atomic E-state index is 13.0. The Bertz CT molecular complexity index is 769. The normalized spacial score (nSPS) is 36.9. The van der Waals surface area contributed by atoms with Crippen molar-refractivity contribution in [3.8, 4) is 0 Å². The predicted molar refractivity (Wildman–Crippen MR) is 81.6 cm³/mol. The molecule has 2 atom stereocenters. The molecule has 4 saturated carbocycles. The van der Waals surface area contributed by atoms with E-state index in [1.807, 2.05) is 0 Å². The number of carboxylic acids is 1. The number of allylic oxidation sites excluding steroid dienone is 1. The minimum absolute atomic E-state index is 0.158. The monoisotopic (exact) mass is 437 g/mol. The van der Waals surface area contributed by atoms with E-state index in [9.17, 15) is 44.7 Å². The third-order valence-corrected chi connectivity index (χ3v) is 9.50. The summed E-state index contributed by atoms with van der Waals surface area (Å²) < 4.78 is 99.6. The standard InChI is InChI=1S/C15H16F6O4S2/c16-14(17,18)10(11(22)23)6-12-2-8-1-9(3-12)5-13(4-8,7-12)26-27(24,25)15(19,20)21/h6,8-9H,1-5,7H2,(H,22,23)/p-1. The molecule has 0 aromatic rings. The Kier molecular flexibility index (Phi) is 4.66. The highest BCUT2D eigenvalue weighted by Gasteiger charge is 2.61. The highest BCUT2D eigenvalue weighted by molar-refractivity contribution is 8.72. The number of rotatable bonds is 4. The SMILES string of the molecule is O=C([O-])C(=CC12CC3CC(C1)CC(SS(=O)(=O)C(F)(F)F)(C3)C2)C(F)(F)F. The molecule has 0 amide bonds. The number of aliphatic carboxylic acids is 1. The summed E-state index contributed by atoms with van der Waals surface area (Å²) in [7, 11) is -5.73. The maximum atomic E-state index is 13.0. The first kappa shape index (κ1) is 20.8. The molecule has 4 aliphatic rings. The quantitative estimate of drug-likeness (QED) is 0.384. The van der Waals surface area contributed by atoms with Crippen LogP contribution in [0.15, 0.2) is 11.6 Å². The van der Waals surface area contributed by atoms with Crippen molar-refractivity contribution in [3.63, 3.8) is 0 Å². The van der Waals surface area contributed by atoms with Crippen molar-refractivity contribution in [3.05, 3.63) is 11.6 Å². The molecule has 4 bridgehead atoms. The van der Waals surface area contributed by atoms with Crippen LogP contribution < -0.4 is 5.11 Å². The number of carboxylic acid groups (broad SMARTS) is 1. The Hall–Kier alpha value is -0.910. The second kappa shape index (κ2) is 6.04. The van der Waals surface area contributed by atoms with Crippen molar-refractivity contribution in [1.29, 1.82) is 0 Å². The van der Waals surface area contributed by atoms with Gasteiger partial charge in [0, 0.05) is 4.75 Å². The van der Waals surface area contributed by atoms with Crippen molar-refractivity contribution in [1.82, 2.24) is 0 Å². The molecule has 2 unspecified atom stereocenters. The molecule has 4 fully saturated rings. The molecule has 0 spiro atoms. The van der Waals surface area contributed by atoms with E-state index in [2.05, 4.69) is 0 Å². The molecule has 0 heterocycles. The third kappa shape index (κ3) is 3.83. The van der Waals surface area contributed by atoms with Crippen LogP contribution in [-0.4, -0.2) is 30.8 Å². The summed E-state index contributed by atoms with van der Waals surface area (Å²) in [5, 5.41) is 11.0. The van der Waals surface area contributed by atoms with Gasteiger partial charge in [0.05, 0.1) is 11.5 Å². The van der Waals surface area contributed by atoms with Crippen LogP contribution in [0, 0.1) is 17.3 Å². The lowest BCUT2D eigenvalue weighted by molar-refractivity contribution is -0.303. The highest BCUT2D eigenvalue weighted by Crippen LogP contribution is 2.67. The van der Waals surface area contributed by atoms with Crippen LogP contribution in [0.2, 0.25) is 0 Å². The van der Waals surface area contributed by atoms with E-state index >= 15 is 0 Å². The summed E-state index contributed by atoms with van der Waals surface area (Å²) in [4.78, 5) is 11.0. The van der Waals surface area contributed by atoms with Gasteiger partial charge in [-0.2, -0.15) is 26.3 Å². The van der Waals surface area contributed by atoms with Crippen LogP contribution in [0.4, 0.5) is 26.3 Å². The summed E-state index contributed by atoms with van der Waals surface area (Å²) in [5.74, 6) is -2.88. The minimum Gasteiger partial charge on any atom is -0.545 e. The smallest absolute Gasteiger partial charge is 0.507 e. The Labute approximate surface area is 154 Å². The molecular formula is C15H15F6O4S2-. The topological polar surface area (TPSA) is 74.3 Å². The summed E-state index contributed by atoms with van der Waals surface area (Å²) >= 11 is 0. The van der Waals surface area contributed by atoms with Gasteiger partial charge in [-0.05, 0) is 66.6 Å². The van der Waals surface area contributed by atoms with E-state index in [-0.39, 0.29) is 54.7 Å². The molecule has 4 nitrogen and oxygen atoms in total. The maximum Gasteiger partial charge on any atom is 0.507 e. The largest absolute Gasteiger partial charge is 0.545 e. The molecule has 4 rings (SSSR count). The zero-order valence-electron chi connectivity index (χ0n) is 13.7. The molecule has 0 N–H and O–H groups in total. The van der Waals surface area contributed by atoms with Gasteiger partial charge in [0.1, 0.15) is 0 Å². The third-order valence-electron chi connectivity index (χ3n) is 5.60. The van der Waals surface area contributed by atoms with E-state index in [1.54, 1.807) is 0 Å². The fraction of sp³-hybridized carbons (Fsp3) is 0.800. The minimum atomic E-state index is -5.52. The fourth-order valence-corrected chi connectivity index (χ4v) is 9.14. The molecule has 0 aromatic heterocycles. The predicted octanol–water partition coefficient (Wildman–Crippen LogP) is 3.15. The van der Waals surface area contributed by atoms with Crippen LogP contribution in [0.3, 0.4) is 0 Å². The van der Waals surface area contributed by atoms with Crippen LogP contribution in [0.5, 0.6) is 0 Å². The molecule has 0 saturated heterocycles. The fourth-order valence-electron chi connectivity index (χ4n) is 5.36. The second-order valence-corrected chi connectivity index (χ2v) is 12.1.